The van der Waals surface area contributed by atoms with E-state index in [-0.39, 0.29) is 0 Å². The van der Waals surface area contributed by atoms with Crippen molar-refractivity contribution in [2.75, 3.05) is 13.2 Å². The lowest BCUT2D eigenvalue weighted by Crippen LogP contribution is -2.24. The Labute approximate surface area is 144 Å². The number of terminal acetylenes is 1. The van der Waals surface area contributed by atoms with Gasteiger partial charge in [0.2, 0.25) is 0 Å². The quantitative estimate of drug-likeness (QED) is 0.742. The maximum atomic E-state index is 11.0. The Kier molecular flexibility index (Phi) is 6.28. The van der Waals surface area contributed by atoms with Gasteiger partial charge in [0.15, 0.2) is 5.60 Å². The van der Waals surface area contributed by atoms with E-state index in [0.29, 0.717) is 24.3 Å². The van der Waals surface area contributed by atoms with Crippen LogP contribution in [0.4, 0.5) is 0 Å². The van der Waals surface area contributed by atoms with Gasteiger partial charge in [0, 0.05) is 11.1 Å². The van der Waals surface area contributed by atoms with E-state index in [1.165, 1.54) is 0 Å². The third-order valence-corrected chi connectivity index (χ3v) is 3.70. The molecule has 0 amide bonds. The van der Waals surface area contributed by atoms with Crippen molar-refractivity contribution in [2.24, 2.45) is 0 Å². The van der Waals surface area contributed by atoms with Crippen LogP contribution in [-0.2, 0) is 5.60 Å². The molecule has 3 nitrogen and oxygen atoms in total. The molecule has 0 aliphatic rings. The lowest BCUT2D eigenvalue weighted by molar-refractivity contribution is 0.145. The summed E-state index contributed by atoms with van der Waals surface area (Å²) < 4.78 is 11.1. The molecule has 0 unspecified atom stereocenters. The zero-order valence-corrected chi connectivity index (χ0v) is 14.3. The maximum Gasteiger partial charge on any atom is 0.176 e. The highest BCUT2D eigenvalue weighted by Gasteiger charge is 2.29. The summed E-state index contributed by atoms with van der Waals surface area (Å²) >= 11 is 0. The molecule has 0 saturated heterocycles. The van der Waals surface area contributed by atoms with Crippen LogP contribution in [0.25, 0.3) is 0 Å². The second-order valence-corrected chi connectivity index (χ2v) is 5.60. The minimum atomic E-state index is -1.48. The molecule has 0 bridgehead atoms. The molecule has 0 aromatic heterocycles. The number of benzene rings is 2. The first-order chi connectivity index (χ1) is 11.6. The van der Waals surface area contributed by atoms with E-state index in [1.54, 1.807) is 24.3 Å². The van der Waals surface area contributed by atoms with Crippen LogP contribution in [0.3, 0.4) is 0 Å². The van der Waals surface area contributed by atoms with E-state index in [0.717, 1.165) is 24.3 Å². The molecule has 0 spiro atoms. The Bertz CT molecular complexity index is 614. The summed E-state index contributed by atoms with van der Waals surface area (Å²) in [6, 6.07) is 14.5. The van der Waals surface area contributed by atoms with Crippen LogP contribution in [0.1, 0.15) is 37.8 Å². The monoisotopic (exact) mass is 324 g/mol. The van der Waals surface area contributed by atoms with Gasteiger partial charge in [-0.15, -0.1) is 6.42 Å². The van der Waals surface area contributed by atoms with Crippen molar-refractivity contribution in [1.29, 1.82) is 0 Å². The van der Waals surface area contributed by atoms with E-state index >= 15 is 0 Å². The molecule has 0 radical (unpaired) electrons. The SMILES string of the molecule is C#CC(O)(c1ccc(OCCC)cc1)c1ccc(OCCC)cc1. The standard InChI is InChI=1S/C21H24O3/c1-4-15-23-19-11-7-17(8-12-19)21(22,6-3)18-9-13-20(14-10-18)24-16-5-2/h3,7-14,22H,4-5,15-16H2,1-2H3. The van der Waals surface area contributed by atoms with Crippen molar-refractivity contribution in [3.63, 3.8) is 0 Å². The molecular weight excluding hydrogens is 300 g/mol. The van der Waals surface area contributed by atoms with Gasteiger partial charge < -0.3 is 14.6 Å². The highest BCUT2D eigenvalue weighted by molar-refractivity contribution is 5.46. The number of hydrogen-bond donors (Lipinski definition) is 1. The van der Waals surface area contributed by atoms with E-state index in [9.17, 15) is 5.11 Å². The van der Waals surface area contributed by atoms with E-state index in [2.05, 4.69) is 19.8 Å². The average molecular weight is 324 g/mol. The van der Waals surface area contributed by atoms with Crippen LogP contribution < -0.4 is 9.47 Å². The molecule has 0 fully saturated rings. The van der Waals surface area contributed by atoms with Crippen LogP contribution in [0.2, 0.25) is 0 Å². The summed E-state index contributed by atoms with van der Waals surface area (Å²) in [7, 11) is 0. The first-order valence-corrected chi connectivity index (χ1v) is 8.30. The molecule has 2 aromatic rings. The molecule has 0 aliphatic carbocycles. The van der Waals surface area contributed by atoms with Crippen molar-refractivity contribution in [3.8, 4) is 23.8 Å². The fourth-order valence-electron chi connectivity index (χ4n) is 2.36. The van der Waals surface area contributed by atoms with E-state index in [1.807, 2.05) is 24.3 Å². The summed E-state index contributed by atoms with van der Waals surface area (Å²) in [5.41, 5.74) is -0.209. The molecule has 0 atom stereocenters. The molecule has 126 valence electrons. The predicted molar refractivity (Wildman–Crippen MR) is 96.3 cm³/mol. The Morgan fingerprint density at radius 3 is 1.50 bits per heavy atom. The summed E-state index contributed by atoms with van der Waals surface area (Å²) in [6.07, 6.45) is 7.54. The van der Waals surface area contributed by atoms with Crippen molar-refractivity contribution >= 4 is 0 Å². The van der Waals surface area contributed by atoms with Gasteiger partial charge in [0.25, 0.3) is 0 Å². The van der Waals surface area contributed by atoms with Crippen molar-refractivity contribution in [1.82, 2.24) is 0 Å². The Morgan fingerprint density at radius 2 is 1.21 bits per heavy atom. The topological polar surface area (TPSA) is 38.7 Å². The van der Waals surface area contributed by atoms with E-state index < -0.39 is 5.60 Å². The van der Waals surface area contributed by atoms with Gasteiger partial charge in [-0.3, -0.25) is 0 Å². The molecule has 2 aromatic carbocycles. The molecule has 0 saturated carbocycles. The summed E-state index contributed by atoms with van der Waals surface area (Å²) in [6.45, 7) is 5.44. The average Bonchev–Trinajstić information content (AvgIpc) is 2.65. The van der Waals surface area contributed by atoms with Crippen molar-refractivity contribution in [3.05, 3.63) is 59.7 Å². The van der Waals surface area contributed by atoms with Gasteiger partial charge in [-0.1, -0.05) is 44.0 Å². The summed E-state index contributed by atoms with van der Waals surface area (Å²) in [5, 5.41) is 11.0. The van der Waals surface area contributed by atoms with Crippen LogP contribution in [0.15, 0.2) is 48.5 Å². The van der Waals surface area contributed by atoms with Gasteiger partial charge >= 0.3 is 0 Å². The Morgan fingerprint density at radius 1 is 0.833 bits per heavy atom. The molecule has 2 rings (SSSR count). The zero-order chi connectivity index (χ0) is 17.4. The van der Waals surface area contributed by atoms with Gasteiger partial charge in [0.1, 0.15) is 11.5 Å². The second kappa shape index (κ2) is 8.42. The molecule has 3 heteroatoms. The second-order valence-electron chi connectivity index (χ2n) is 5.60. The Hall–Kier alpha value is -2.44. The Balaban J connectivity index is 2.22. The van der Waals surface area contributed by atoms with Gasteiger partial charge in [-0.05, 0) is 37.1 Å². The predicted octanol–water partition coefficient (Wildman–Crippen LogP) is 4.13. The molecule has 0 aliphatic heterocycles. The minimum absolute atomic E-state index is 0.635. The van der Waals surface area contributed by atoms with Crippen molar-refractivity contribution < 1.29 is 14.6 Å². The largest absolute Gasteiger partial charge is 0.494 e. The highest BCUT2D eigenvalue weighted by Crippen LogP contribution is 2.31. The maximum absolute atomic E-state index is 11.0. The fourth-order valence-corrected chi connectivity index (χ4v) is 2.36. The van der Waals surface area contributed by atoms with Gasteiger partial charge in [-0.25, -0.2) is 0 Å². The molecule has 0 heterocycles. The molecular formula is C21H24O3. The number of ether oxygens (including phenoxy) is 2. The third kappa shape index (κ3) is 4.10. The van der Waals surface area contributed by atoms with Crippen molar-refractivity contribution in [2.45, 2.75) is 32.3 Å². The minimum Gasteiger partial charge on any atom is -0.494 e. The molecule has 24 heavy (non-hydrogen) atoms. The molecule has 1 N–H and O–H groups in total. The highest BCUT2D eigenvalue weighted by atomic mass is 16.5. The number of rotatable bonds is 8. The summed E-state index contributed by atoms with van der Waals surface area (Å²) in [5.74, 6) is 4.04. The lowest BCUT2D eigenvalue weighted by Gasteiger charge is -2.24. The summed E-state index contributed by atoms with van der Waals surface area (Å²) in [4.78, 5) is 0. The number of aliphatic hydroxyl groups is 1. The van der Waals surface area contributed by atoms with Crippen LogP contribution in [0, 0.1) is 12.3 Å². The van der Waals surface area contributed by atoms with Gasteiger partial charge in [0.05, 0.1) is 13.2 Å². The normalized spacial score (nSPS) is 10.9. The fraction of sp³-hybridized carbons (Fsp3) is 0.333. The first kappa shape index (κ1) is 17.9. The lowest BCUT2D eigenvalue weighted by atomic mass is 9.87. The van der Waals surface area contributed by atoms with Crippen LogP contribution >= 0.6 is 0 Å². The number of hydrogen-bond acceptors (Lipinski definition) is 3. The van der Waals surface area contributed by atoms with E-state index in [4.69, 9.17) is 15.9 Å². The van der Waals surface area contributed by atoms with Crippen LogP contribution in [-0.4, -0.2) is 18.3 Å². The van der Waals surface area contributed by atoms with Gasteiger partial charge in [-0.2, -0.15) is 0 Å². The third-order valence-electron chi connectivity index (χ3n) is 3.70. The first-order valence-electron chi connectivity index (χ1n) is 8.30. The smallest absolute Gasteiger partial charge is 0.176 e. The zero-order valence-electron chi connectivity index (χ0n) is 14.3. The van der Waals surface area contributed by atoms with Crippen LogP contribution in [0.5, 0.6) is 11.5 Å².